The van der Waals surface area contributed by atoms with E-state index in [2.05, 4.69) is 16.7 Å². The van der Waals surface area contributed by atoms with Gasteiger partial charge in [-0.3, -0.25) is 4.79 Å². The molecule has 1 aliphatic heterocycles. The van der Waals surface area contributed by atoms with Crippen molar-refractivity contribution in [3.05, 3.63) is 53.3 Å². The van der Waals surface area contributed by atoms with Crippen molar-refractivity contribution in [2.24, 2.45) is 0 Å². The molecule has 1 amide bonds. The van der Waals surface area contributed by atoms with Crippen molar-refractivity contribution in [1.29, 1.82) is 0 Å². The first-order valence-electron chi connectivity index (χ1n) is 7.06. The fraction of sp³-hybridized carbons (Fsp3) is 0.312. The third-order valence-corrected chi connectivity index (χ3v) is 4.16. The predicted molar refractivity (Wildman–Crippen MR) is 77.1 cm³/mol. The van der Waals surface area contributed by atoms with Crippen LogP contribution in [-0.2, 0) is 13.1 Å². The molecule has 0 saturated heterocycles. The molecule has 1 fully saturated rings. The minimum Gasteiger partial charge on any atom is -0.397 e. The zero-order chi connectivity index (χ0) is 13.7. The predicted octanol–water partition coefficient (Wildman–Crippen LogP) is 2.56. The monoisotopic (exact) mass is 267 g/mol. The Morgan fingerprint density at radius 1 is 1.15 bits per heavy atom. The maximum absolute atomic E-state index is 12.7. The minimum absolute atomic E-state index is 0.0878. The summed E-state index contributed by atoms with van der Waals surface area (Å²) in [5, 5.41) is 0. The van der Waals surface area contributed by atoms with E-state index in [-0.39, 0.29) is 5.91 Å². The highest BCUT2D eigenvalue weighted by Crippen LogP contribution is 2.37. The summed E-state index contributed by atoms with van der Waals surface area (Å²) in [5.74, 6) is 0.0878. The SMILES string of the molecule is Nc1cc(C(=O)N2Cc3ccccc3C2)n(C2CC2)c1. The number of rotatable bonds is 2. The lowest BCUT2D eigenvalue weighted by Gasteiger charge is -2.16. The number of aromatic nitrogens is 1. The molecule has 102 valence electrons. The smallest absolute Gasteiger partial charge is 0.271 e. The van der Waals surface area contributed by atoms with Crippen LogP contribution in [0.3, 0.4) is 0 Å². The minimum atomic E-state index is 0.0878. The number of nitrogen functional groups attached to an aromatic ring is 1. The zero-order valence-corrected chi connectivity index (χ0v) is 11.2. The Bertz CT molecular complexity index is 660. The molecule has 1 aliphatic carbocycles. The molecule has 2 N–H and O–H groups in total. The van der Waals surface area contributed by atoms with E-state index in [4.69, 9.17) is 5.73 Å². The van der Waals surface area contributed by atoms with Crippen molar-refractivity contribution >= 4 is 11.6 Å². The second kappa shape index (κ2) is 4.13. The molecule has 0 atom stereocenters. The number of hydrogen-bond acceptors (Lipinski definition) is 2. The van der Waals surface area contributed by atoms with E-state index < -0.39 is 0 Å². The van der Waals surface area contributed by atoms with E-state index in [1.165, 1.54) is 11.1 Å². The first-order valence-corrected chi connectivity index (χ1v) is 7.06. The van der Waals surface area contributed by atoms with Crippen molar-refractivity contribution in [3.63, 3.8) is 0 Å². The Labute approximate surface area is 117 Å². The zero-order valence-electron chi connectivity index (χ0n) is 11.2. The number of carbonyl (C=O) groups is 1. The summed E-state index contributed by atoms with van der Waals surface area (Å²) in [6.45, 7) is 1.40. The number of hydrogen-bond donors (Lipinski definition) is 1. The summed E-state index contributed by atoms with van der Waals surface area (Å²) in [4.78, 5) is 14.6. The Hall–Kier alpha value is -2.23. The number of benzene rings is 1. The van der Waals surface area contributed by atoms with Gasteiger partial charge in [-0.1, -0.05) is 24.3 Å². The second-order valence-corrected chi connectivity index (χ2v) is 5.73. The van der Waals surface area contributed by atoms with Gasteiger partial charge in [0.25, 0.3) is 5.91 Å². The maximum atomic E-state index is 12.7. The summed E-state index contributed by atoms with van der Waals surface area (Å²) in [6.07, 6.45) is 4.19. The Kier molecular flexibility index (Phi) is 2.39. The molecule has 0 spiro atoms. The third-order valence-electron chi connectivity index (χ3n) is 4.16. The Morgan fingerprint density at radius 2 is 1.80 bits per heavy atom. The van der Waals surface area contributed by atoms with Crippen molar-refractivity contribution in [1.82, 2.24) is 9.47 Å². The van der Waals surface area contributed by atoms with Crippen LogP contribution in [0, 0.1) is 0 Å². The molecule has 20 heavy (non-hydrogen) atoms. The summed E-state index contributed by atoms with van der Waals surface area (Å²) >= 11 is 0. The van der Waals surface area contributed by atoms with E-state index in [9.17, 15) is 4.79 Å². The maximum Gasteiger partial charge on any atom is 0.271 e. The molecule has 2 aliphatic rings. The molecule has 1 aromatic heterocycles. The summed E-state index contributed by atoms with van der Waals surface area (Å²) in [5.41, 5.74) is 9.78. The van der Waals surface area contributed by atoms with Crippen molar-refractivity contribution in [2.75, 3.05) is 5.73 Å². The van der Waals surface area contributed by atoms with Crippen LogP contribution >= 0.6 is 0 Å². The van der Waals surface area contributed by atoms with Gasteiger partial charge in [-0.05, 0) is 30.0 Å². The van der Waals surface area contributed by atoms with Crippen LogP contribution in [0.5, 0.6) is 0 Å². The Morgan fingerprint density at radius 3 is 2.40 bits per heavy atom. The molecule has 1 aromatic carbocycles. The molecule has 0 radical (unpaired) electrons. The fourth-order valence-electron chi connectivity index (χ4n) is 2.97. The fourth-order valence-corrected chi connectivity index (χ4v) is 2.97. The van der Waals surface area contributed by atoms with Crippen LogP contribution in [0.25, 0.3) is 0 Å². The lowest BCUT2D eigenvalue weighted by atomic mass is 10.1. The van der Waals surface area contributed by atoms with E-state index >= 15 is 0 Å². The summed E-state index contributed by atoms with van der Waals surface area (Å²) in [7, 11) is 0. The van der Waals surface area contributed by atoms with Gasteiger partial charge in [-0.15, -0.1) is 0 Å². The molecular weight excluding hydrogens is 250 g/mol. The largest absolute Gasteiger partial charge is 0.397 e. The van der Waals surface area contributed by atoms with Crippen LogP contribution in [0.2, 0.25) is 0 Å². The molecule has 2 aromatic rings. The van der Waals surface area contributed by atoms with E-state index in [1.54, 1.807) is 0 Å². The van der Waals surface area contributed by atoms with Gasteiger partial charge in [-0.25, -0.2) is 0 Å². The molecule has 1 saturated carbocycles. The van der Waals surface area contributed by atoms with Gasteiger partial charge in [0.2, 0.25) is 0 Å². The highest BCUT2D eigenvalue weighted by molar-refractivity contribution is 5.94. The topological polar surface area (TPSA) is 51.3 Å². The summed E-state index contributed by atoms with van der Waals surface area (Å²) in [6, 6.07) is 10.5. The van der Waals surface area contributed by atoms with Gasteiger partial charge >= 0.3 is 0 Å². The molecule has 4 rings (SSSR count). The first kappa shape index (κ1) is 11.6. The van der Waals surface area contributed by atoms with Crippen LogP contribution in [-0.4, -0.2) is 15.4 Å². The number of fused-ring (bicyclic) bond motifs is 1. The average Bonchev–Trinajstić information content (AvgIpc) is 3.08. The van der Waals surface area contributed by atoms with E-state index in [0.717, 1.165) is 18.5 Å². The Balaban J connectivity index is 1.63. The van der Waals surface area contributed by atoms with E-state index in [1.807, 2.05) is 29.3 Å². The normalized spacial score (nSPS) is 17.3. The van der Waals surface area contributed by atoms with Gasteiger partial charge in [-0.2, -0.15) is 0 Å². The van der Waals surface area contributed by atoms with Crippen molar-refractivity contribution in [2.45, 2.75) is 32.0 Å². The highest BCUT2D eigenvalue weighted by atomic mass is 16.2. The highest BCUT2D eigenvalue weighted by Gasteiger charge is 2.31. The summed E-state index contributed by atoms with van der Waals surface area (Å²) < 4.78 is 2.06. The van der Waals surface area contributed by atoms with Gasteiger partial charge in [0.05, 0.1) is 5.69 Å². The molecule has 2 heterocycles. The van der Waals surface area contributed by atoms with Crippen LogP contribution in [0.1, 0.15) is 40.5 Å². The van der Waals surface area contributed by atoms with Crippen molar-refractivity contribution < 1.29 is 4.79 Å². The number of nitrogens with zero attached hydrogens (tertiary/aromatic N) is 2. The third kappa shape index (κ3) is 1.80. The average molecular weight is 267 g/mol. The number of nitrogens with two attached hydrogens (primary N) is 1. The standard InChI is InChI=1S/C16H17N3O/c17-13-7-15(19(10-13)14-5-6-14)16(20)18-8-11-3-1-2-4-12(11)9-18/h1-4,7,10,14H,5-6,8-9,17H2. The first-order chi connectivity index (χ1) is 9.72. The van der Waals surface area contributed by atoms with Gasteiger partial charge in [0, 0.05) is 25.3 Å². The quantitative estimate of drug-likeness (QED) is 0.909. The lowest BCUT2D eigenvalue weighted by Crippen LogP contribution is -2.27. The molecular formula is C16H17N3O. The van der Waals surface area contributed by atoms with Crippen LogP contribution in [0.15, 0.2) is 36.5 Å². The molecule has 0 bridgehead atoms. The molecule has 0 unspecified atom stereocenters. The van der Waals surface area contributed by atoms with Gasteiger partial charge < -0.3 is 15.2 Å². The van der Waals surface area contributed by atoms with Crippen LogP contribution in [0.4, 0.5) is 5.69 Å². The van der Waals surface area contributed by atoms with Gasteiger partial charge in [0.1, 0.15) is 5.69 Å². The second-order valence-electron chi connectivity index (χ2n) is 5.73. The van der Waals surface area contributed by atoms with Crippen LogP contribution < -0.4 is 5.73 Å². The molecule has 4 heteroatoms. The van der Waals surface area contributed by atoms with Crippen molar-refractivity contribution in [3.8, 4) is 0 Å². The van der Waals surface area contributed by atoms with E-state index in [0.29, 0.717) is 24.8 Å². The number of carbonyl (C=O) groups excluding carboxylic acids is 1. The molecule has 4 nitrogen and oxygen atoms in total. The van der Waals surface area contributed by atoms with Gasteiger partial charge in [0.15, 0.2) is 0 Å². The lowest BCUT2D eigenvalue weighted by molar-refractivity contribution is 0.0740. The number of amides is 1. The number of anilines is 1.